The predicted octanol–water partition coefficient (Wildman–Crippen LogP) is 3.57. The third-order valence-corrected chi connectivity index (χ3v) is 5.45. The van der Waals surface area contributed by atoms with Crippen LogP contribution in [0, 0.1) is 0 Å². The predicted molar refractivity (Wildman–Crippen MR) is 141 cm³/mol. The van der Waals surface area contributed by atoms with Crippen LogP contribution in [0.4, 0.5) is 0 Å². The molecule has 1 fully saturated rings. The van der Waals surface area contributed by atoms with Gasteiger partial charge in [-0.05, 0) is 44.0 Å². The minimum atomic E-state index is -0.636. The largest absolute Gasteiger partial charge is 0.389 e. The highest BCUT2D eigenvalue weighted by Gasteiger charge is 2.23. The van der Waals surface area contributed by atoms with Crippen LogP contribution in [0.3, 0.4) is 0 Å². The summed E-state index contributed by atoms with van der Waals surface area (Å²) in [6.45, 7) is 6.91. The summed E-state index contributed by atoms with van der Waals surface area (Å²) in [4.78, 5) is 7.12. The van der Waals surface area contributed by atoms with Gasteiger partial charge in [0.2, 0.25) is 0 Å². The molecule has 1 heterocycles. The summed E-state index contributed by atoms with van der Waals surface area (Å²) in [6.07, 6.45) is 1.88. The number of ether oxygens (including phenoxy) is 1. The molecule has 0 aliphatic carbocycles. The van der Waals surface area contributed by atoms with E-state index in [1.54, 1.807) is 0 Å². The van der Waals surface area contributed by atoms with Crippen molar-refractivity contribution < 1.29 is 9.84 Å². The average molecular weight is 553 g/mol. The van der Waals surface area contributed by atoms with E-state index >= 15 is 0 Å². The van der Waals surface area contributed by atoms with Gasteiger partial charge in [0, 0.05) is 13.1 Å². The van der Waals surface area contributed by atoms with E-state index in [0.717, 1.165) is 37.7 Å². The number of aliphatic hydroxyl groups excluding tert-OH is 1. The molecular weight excluding hydrogens is 515 g/mol. The van der Waals surface area contributed by atoms with E-state index in [0.29, 0.717) is 19.2 Å². The first kappa shape index (κ1) is 26.6. The monoisotopic (exact) mass is 552 g/mol. The Labute approximate surface area is 209 Å². The molecule has 6 nitrogen and oxygen atoms in total. The van der Waals surface area contributed by atoms with Crippen molar-refractivity contribution in [1.29, 1.82) is 0 Å². The third kappa shape index (κ3) is 9.05. The fourth-order valence-electron chi connectivity index (χ4n) is 3.86. The fourth-order valence-corrected chi connectivity index (χ4v) is 3.86. The Morgan fingerprint density at radius 1 is 1.03 bits per heavy atom. The van der Waals surface area contributed by atoms with Crippen molar-refractivity contribution in [2.75, 3.05) is 39.3 Å². The number of guanidine groups is 1. The van der Waals surface area contributed by atoms with Crippen molar-refractivity contribution in [3.8, 4) is 0 Å². The standard InChI is InChI=1S/C25H36N4O2.HI/c1-2-26-25(27-17-23(30)20-31-19-21-11-5-3-6-12-21)28-18-24(29-15-9-10-16-29)22-13-7-4-8-14-22;/h3-8,11-14,23-24,30H,2,9-10,15-20H2,1H3,(H2,26,27,28);1H. The van der Waals surface area contributed by atoms with Crippen molar-refractivity contribution in [2.24, 2.45) is 4.99 Å². The second-order valence-corrected chi connectivity index (χ2v) is 7.92. The quantitative estimate of drug-likeness (QED) is 0.226. The van der Waals surface area contributed by atoms with Gasteiger partial charge < -0.3 is 20.5 Å². The molecule has 2 aromatic carbocycles. The van der Waals surface area contributed by atoms with E-state index < -0.39 is 6.10 Å². The number of aliphatic hydroxyl groups is 1. The maximum absolute atomic E-state index is 10.3. The van der Waals surface area contributed by atoms with Crippen molar-refractivity contribution in [2.45, 2.75) is 38.5 Å². The normalized spacial score (nSPS) is 16.2. The molecule has 1 aliphatic heterocycles. The number of nitrogens with zero attached hydrogens (tertiary/aromatic N) is 2. The molecule has 1 aliphatic rings. The van der Waals surface area contributed by atoms with Gasteiger partial charge in [-0.15, -0.1) is 24.0 Å². The van der Waals surface area contributed by atoms with Crippen LogP contribution in [0.5, 0.6) is 0 Å². The molecule has 0 amide bonds. The van der Waals surface area contributed by atoms with Gasteiger partial charge in [-0.1, -0.05) is 60.7 Å². The summed E-state index contributed by atoms with van der Waals surface area (Å²) in [6, 6.07) is 20.9. The molecule has 2 atom stereocenters. The van der Waals surface area contributed by atoms with Crippen LogP contribution in [0.15, 0.2) is 65.7 Å². The Morgan fingerprint density at radius 3 is 2.34 bits per heavy atom. The maximum Gasteiger partial charge on any atom is 0.191 e. The maximum atomic E-state index is 10.3. The molecule has 3 N–H and O–H groups in total. The molecule has 176 valence electrons. The number of benzene rings is 2. The minimum Gasteiger partial charge on any atom is -0.389 e. The van der Waals surface area contributed by atoms with E-state index in [9.17, 15) is 5.11 Å². The molecule has 7 heteroatoms. The zero-order valence-electron chi connectivity index (χ0n) is 19.0. The molecule has 1 saturated heterocycles. The van der Waals surface area contributed by atoms with Gasteiger partial charge in [-0.3, -0.25) is 9.89 Å². The highest BCUT2D eigenvalue weighted by Crippen LogP contribution is 2.24. The van der Waals surface area contributed by atoms with E-state index in [1.807, 2.05) is 37.3 Å². The number of nitrogens with one attached hydrogen (secondary N) is 2. The first-order valence-electron chi connectivity index (χ1n) is 11.4. The SMILES string of the molecule is CCNC(=NCC(O)COCc1ccccc1)NCC(c1ccccc1)N1CCCC1.I. The lowest BCUT2D eigenvalue weighted by atomic mass is 10.1. The highest BCUT2D eigenvalue weighted by atomic mass is 127. The molecular formula is C25H37IN4O2. The number of aliphatic imine (C=N–C) groups is 1. The van der Waals surface area contributed by atoms with Gasteiger partial charge in [0.15, 0.2) is 5.96 Å². The van der Waals surface area contributed by atoms with Crippen molar-refractivity contribution in [3.63, 3.8) is 0 Å². The van der Waals surface area contributed by atoms with Crippen LogP contribution in [0.25, 0.3) is 0 Å². The Morgan fingerprint density at radius 2 is 1.69 bits per heavy atom. The number of hydrogen-bond donors (Lipinski definition) is 3. The van der Waals surface area contributed by atoms with Crippen LogP contribution < -0.4 is 10.6 Å². The molecule has 2 aromatic rings. The average Bonchev–Trinajstić information content (AvgIpc) is 3.33. The Kier molecular flexibility index (Phi) is 12.6. The first-order valence-corrected chi connectivity index (χ1v) is 11.4. The molecule has 2 unspecified atom stereocenters. The zero-order valence-corrected chi connectivity index (χ0v) is 21.3. The van der Waals surface area contributed by atoms with Gasteiger partial charge in [0.25, 0.3) is 0 Å². The minimum absolute atomic E-state index is 0. The summed E-state index contributed by atoms with van der Waals surface area (Å²) in [5, 5.41) is 17.0. The second-order valence-electron chi connectivity index (χ2n) is 7.92. The zero-order chi connectivity index (χ0) is 21.7. The summed E-state index contributed by atoms with van der Waals surface area (Å²) >= 11 is 0. The van der Waals surface area contributed by atoms with Crippen LogP contribution in [0.1, 0.15) is 36.9 Å². The number of halogens is 1. The van der Waals surface area contributed by atoms with E-state index in [-0.39, 0.29) is 30.6 Å². The molecule has 0 saturated carbocycles. The molecule has 32 heavy (non-hydrogen) atoms. The smallest absolute Gasteiger partial charge is 0.191 e. The molecule has 3 rings (SSSR count). The van der Waals surface area contributed by atoms with E-state index in [4.69, 9.17) is 4.74 Å². The highest BCUT2D eigenvalue weighted by molar-refractivity contribution is 14.0. The second kappa shape index (κ2) is 15.2. The fraction of sp³-hybridized carbons (Fsp3) is 0.480. The Hall–Kier alpha value is -1.68. The molecule has 0 bridgehead atoms. The van der Waals surface area contributed by atoms with Gasteiger partial charge in [-0.2, -0.15) is 0 Å². The van der Waals surface area contributed by atoms with Crippen molar-refractivity contribution in [1.82, 2.24) is 15.5 Å². The molecule has 0 aromatic heterocycles. The topological polar surface area (TPSA) is 69.1 Å². The van der Waals surface area contributed by atoms with E-state index in [1.165, 1.54) is 18.4 Å². The lowest BCUT2D eigenvalue weighted by Gasteiger charge is -2.29. The number of rotatable bonds is 11. The summed E-state index contributed by atoms with van der Waals surface area (Å²) in [7, 11) is 0. The number of hydrogen-bond acceptors (Lipinski definition) is 4. The summed E-state index contributed by atoms with van der Waals surface area (Å²) in [5.74, 6) is 0.727. The molecule has 0 radical (unpaired) electrons. The van der Waals surface area contributed by atoms with E-state index in [2.05, 4.69) is 50.9 Å². The summed E-state index contributed by atoms with van der Waals surface area (Å²) < 4.78 is 5.63. The van der Waals surface area contributed by atoms with Crippen LogP contribution >= 0.6 is 24.0 Å². The van der Waals surface area contributed by atoms with Crippen LogP contribution in [-0.4, -0.2) is 61.4 Å². The van der Waals surface area contributed by atoms with Gasteiger partial charge >= 0.3 is 0 Å². The Balaban J connectivity index is 0.00000363. The summed E-state index contributed by atoms with van der Waals surface area (Å²) in [5.41, 5.74) is 2.42. The lowest BCUT2D eigenvalue weighted by Crippen LogP contribution is -2.43. The first-order chi connectivity index (χ1) is 15.3. The van der Waals surface area contributed by atoms with Crippen LogP contribution in [0.2, 0.25) is 0 Å². The van der Waals surface area contributed by atoms with Crippen molar-refractivity contribution in [3.05, 3.63) is 71.8 Å². The third-order valence-electron chi connectivity index (χ3n) is 5.45. The van der Waals surface area contributed by atoms with Gasteiger partial charge in [-0.25, -0.2) is 0 Å². The van der Waals surface area contributed by atoms with Crippen LogP contribution in [-0.2, 0) is 11.3 Å². The van der Waals surface area contributed by atoms with Crippen molar-refractivity contribution >= 4 is 29.9 Å². The van der Waals surface area contributed by atoms with Gasteiger partial charge in [0.05, 0.1) is 31.9 Å². The van der Waals surface area contributed by atoms with Gasteiger partial charge in [0.1, 0.15) is 0 Å². The Bertz CT molecular complexity index is 770. The molecule has 0 spiro atoms. The lowest BCUT2D eigenvalue weighted by molar-refractivity contribution is 0.0331. The number of likely N-dealkylation sites (tertiary alicyclic amines) is 1.